The van der Waals surface area contributed by atoms with Gasteiger partial charge in [-0.2, -0.15) is 15.0 Å². The molecule has 7 heteroatoms. The maximum absolute atomic E-state index is 6.12. The number of anilines is 2. The van der Waals surface area contributed by atoms with Crippen molar-refractivity contribution < 1.29 is 4.74 Å². The van der Waals surface area contributed by atoms with Crippen molar-refractivity contribution in [1.82, 2.24) is 15.0 Å². The summed E-state index contributed by atoms with van der Waals surface area (Å²) < 4.78 is 5.19. The van der Waals surface area contributed by atoms with Crippen LogP contribution in [0.2, 0.25) is 10.3 Å². The van der Waals surface area contributed by atoms with Crippen molar-refractivity contribution in [1.29, 1.82) is 0 Å². The van der Waals surface area contributed by atoms with Gasteiger partial charge in [0.1, 0.15) is 0 Å². The Balaban J connectivity index is 2.27. The standard InChI is InChI=1S/C12H12Cl2N4O/c1-3-19-12-17-10(14)16-11(18-12)15-9-5-4-7(2)6-8(9)13/h4-6H,3H2,1-2H3,(H,15,16,17,18). The summed E-state index contributed by atoms with van der Waals surface area (Å²) in [7, 11) is 0. The van der Waals surface area contributed by atoms with Gasteiger partial charge in [-0.1, -0.05) is 17.7 Å². The lowest BCUT2D eigenvalue weighted by molar-refractivity contribution is 0.312. The van der Waals surface area contributed by atoms with E-state index in [0.29, 0.717) is 17.3 Å². The van der Waals surface area contributed by atoms with Crippen molar-refractivity contribution in [2.24, 2.45) is 0 Å². The molecule has 0 radical (unpaired) electrons. The highest BCUT2D eigenvalue weighted by Crippen LogP contribution is 2.25. The molecule has 0 atom stereocenters. The summed E-state index contributed by atoms with van der Waals surface area (Å²) in [5, 5.41) is 3.62. The van der Waals surface area contributed by atoms with Gasteiger partial charge in [-0.05, 0) is 43.1 Å². The third-order valence-corrected chi connectivity index (χ3v) is 2.71. The fourth-order valence-electron chi connectivity index (χ4n) is 1.42. The number of nitrogens with one attached hydrogen (secondary N) is 1. The summed E-state index contributed by atoms with van der Waals surface area (Å²) in [4.78, 5) is 11.9. The summed E-state index contributed by atoms with van der Waals surface area (Å²) in [6.45, 7) is 4.25. The first-order chi connectivity index (χ1) is 9.08. The Morgan fingerprint density at radius 1 is 1.21 bits per heavy atom. The van der Waals surface area contributed by atoms with Crippen molar-refractivity contribution in [3.05, 3.63) is 34.1 Å². The van der Waals surface area contributed by atoms with Crippen LogP contribution in [-0.2, 0) is 0 Å². The molecule has 1 N–H and O–H groups in total. The molecule has 19 heavy (non-hydrogen) atoms. The number of benzene rings is 1. The number of hydrogen-bond donors (Lipinski definition) is 1. The number of hydrogen-bond acceptors (Lipinski definition) is 5. The van der Waals surface area contributed by atoms with Gasteiger partial charge in [-0.15, -0.1) is 0 Å². The van der Waals surface area contributed by atoms with Crippen molar-refractivity contribution >= 4 is 34.8 Å². The number of nitrogens with zero attached hydrogens (tertiary/aromatic N) is 3. The van der Waals surface area contributed by atoms with E-state index in [1.807, 2.05) is 32.0 Å². The van der Waals surface area contributed by atoms with Gasteiger partial charge in [0.05, 0.1) is 17.3 Å². The van der Waals surface area contributed by atoms with Crippen LogP contribution in [0.5, 0.6) is 6.01 Å². The normalized spacial score (nSPS) is 10.3. The van der Waals surface area contributed by atoms with Crippen molar-refractivity contribution in [2.45, 2.75) is 13.8 Å². The highest BCUT2D eigenvalue weighted by molar-refractivity contribution is 6.33. The predicted molar refractivity (Wildman–Crippen MR) is 75.5 cm³/mol. The first kappa shape index (κ1) is 13.8. The van der Waals surface area contributed by atoms with E-state index in [1.165, 1.54) is 0 Å². The molecule has 2 aromatic rings. The topological polar surface area (TPSA) is 59.9 Å². The lowest BCUT2D eigenvalue weighted by atomic mass is 10.2. The number of aromatic nitrogens is 3. The summed E-state index contributed by atoms with van der Waals surface area (Å²) in [5.41, 5.74) is 1.76. The van der Waals surface area contributed by atoms with Crippen LogP contribution in [0.25, 0.3) is 0 Å². The minimum atomic E-state index is 0.0594. The number of ether oxygens (including phenoxy) is 1. The molecule has 0 fully saturated rings. The van der Waals surface area contributed by atoms with Crippen LogP contribution in [0.4, 0.5) is 11.6 Å². The molecule has 0 spiro atoms. The first-order valence-corrected chi connectivity index (χ1v) is 6.41. The van der Waals surface area contributed by atoms with E-state index in [-0.39, 0.29) is 17.2 Å². The molecule has 0 amide bonds. The first-order valence-electron chi connectivity index (χ1n) is 5.66. The average molecular weight is 299 g/mol. The molecule has 0 saturated carbocycles. The quantitative estimate of drug-likeness (QED) is 0.934. The molecule has 0 unspecified atom stereocenters. The zero-order valence-corrected chi connectivity index (χ0v) is 12.0. The maximum Gasteiger partial charge on any atom is 0.322 e. The SMILES string of the molecule is CCOc1nc(Cl)nc(Nc2ccc(C)cc2Cl)n1. The lowest BCUT2D eigenvalue weighted by Crippen LogP contribution is -2.04. The second kappa shape index (κ2) is 6.04. The minimum Gasteiger partial charge on any atom is -0.464 e. The zero-order chi connectivity index (χ0) is 13.8. The average Bonchev–Trinajstić information content (AvgIpc) is 2.32. The van der Waals surface area contributed by atoms with E-state index in [0.717, 1.165) is 5.56 Å². The monoisotopic (exact) mass is 298 g/mol. The third-order valence-electron chi connectivity index (χ3n) is 2.23. The van der Waals surface area contributed by atoms with Crippen LogP contribution in [0, 0.1) is 6.92 Å². The van der Waals surface area contributed by atoms with Crippen molar-refractivity contribution in [2.75, 3.05) is 11.9 Å². The van der Waals surface area contributed by atoms with Crippen LogP contribution in [0.1, 0.15) is 12.5 Å². The molecular weight excluding hydrogens is 287 g/mol. The molecule has 0 aliphatic carbocycles. The Kier molecular flexibility index (Phi) is 4.39. The van der Waals surface area contributed by atoms with E-state index in [4.69, 9.17) is 27.9 Å². The Bertz CT molecular complexity index is 592. The number of aryl methyl sites for hydroxylation is 1. The molecular formula is C12H12Cl2N4O. The van der Waals surface area contributed by atoms with Gasteiger partial charge in [0.15, 0.2) is 0 Å². The third kappa shape index (κ3) is 3.68. The van der Waals surface area contributed by atoms with Crippen LogP contribution in [0.15, 0.2) is 18.2 Å². The van der Waals surface area contributed by atoms with Gasteiger partial charge < -0.3 is 10.1 Å². The molecule has 5 nitrogen and oxygen atoms in total. The molecule has 1 aromatic carbocycles. The Morgan fingerprint density at radius 3 is 2.68 bits per heavy atom. The second-order valence-corrected chi connectivity index (χ2v) is 4.50. The van der Waals surface area contributed by atoms with E-state index in [2.05, 4.69) is 20.3 Å². The second-order valence-electron chi connectivity index (χ2n) is 3.75. The predicted octanol–water partition coefficient (Wildman–Crippen LogP) is 3.63. The Labute approximate surface area is 121 Å². The summed E-state index contributed by atoms with van der Waals surface area (Å²) >= 11 is 11.9. The van der Waals surface area contributed by atoms with E-state index in [9.17, 15) is 0 Å². The Morgan fingerprint density at radius 2 is 2.00 bits per heavy atom. The number of halogens is 2. The molecule has 0 bridgehead atoms. The molecule has 1 aromatic heterocycles. The zero-order valence-electron chi connectivity index (χ0n) is 10.4. The number of rotatable bonds is 4. The van der Waals surface area contributed by atoms with Gasteiger partial charge in [-0.25, -0.2) is 0 Å². The fourth-order valence-corrected chi connectivity index (χ4v) is 1.86. The molecule has 0 aliphatic rings. The lowest BCUT2D eigenvalue weighted by Gasteiger charge is -2.08. The van der Waals surface area contributed by atoms with Gasteiger partial charge in [-0.3, -0.25) is 0 Å². The molecule has 1 heterocycles. The highest BCUT2D eigenvalue weighted by Gasteiger charge is 2.08. The maximum atomic E-state index is 6.12. The summed E-state index contributed by atoms with van der Waals surface area (Å²) in [6, 6.07) is 5.79. The molecule has 100 valence electrons. The van der Waals surface area contributed by atoms with Crippen molar-refractivity contribution in [3.8, 4) is 6.01 Å². The highest BCUT2D eigenvalue weighted by atomic mass is 35.5. The van der Waals surface area contributed by atoms with E-state index >= 15 is 0 Å². The van der Waals surface area contributed by atoms with Crippen LogP contribution < -0.4 is 10.1 Å². The summed E-state index contributed by atoms with van der Waals surface area (Å²) in [6.07, 6.45) is 0. The molecule has 0 aliphatic heterocycles. The molecule has 0 saturated heterocycles. The smallest absolute Gasteiger partial charge is 0.322 e. The van der Waals surface area contributed by atoms with Crippen LogP contribution in [0.3, 0.4) is 0 Å². The van der Waals surface area contributed by atoms with Gasteiger partial charge in [0.2, 0.25) is 11.2 Å². The largest absolute Gasteiger partial charge is 0.464 e. The molecule has 2 rings (SSSR count). The van der Waals surface area contributed by atoms with Crippen LogP contribution in [-0.4, -0.2) is 21.6 Å². The van der Waals surface area contributed by atoms with Gasteiger partial charge in [0, 0.05) is 0 Å². The van der Waals surface area contributed by atoms with Gasteiger partial charge >= 0.3 is 6.01 Å². The minimum absolute atomic E-state index is 0.0594. The summed E-state index contributed by atoms with van der Waals surface area (Å²) in [5.74, 6) is 0.286. The Hall–Kier alpha value is -1.59. The van der Waals surface area contributed by atoms with E-state index in [1.54, 1.807) is 0 Å². The van der Waals surface area contributed by atoms with Crippen LogP contribution >= 0.6 is 23.2 Å². The van der Waals surface area contributed by atoms with Crippen molar-refractivity contribution in [3.63, 3.8) is 0 Å². The van der Waals surface area contributed by atoms with Gasteiger partial charge in [0.25, 0.3) is 0 Å². The fraction of sp³-hybridized carbons (Fsp3) is 0.250. The van der Waals surface area contributed by atoms with E-state index < -0.39 is 0 Å².